The summed E-state index contributed by atoms with van der Waals surface area (Å²) < 4.78 is 5.41. The molecule has 0 saturated heterocycles. The highest BCUT2D eigenvalue weighted by atomic mass is 16.5. The summed E-state index contributed by atoms with van der Waals surface area (Å²) >= 11 is 0. The van der Waals surface area contributed by atoms with E-state index in [0.29, 0.717) is 17.9 Å². The van der Waals surface area contributed by atoms with Gasteiger partial charge in [-0.05, 0) is 25.1 Å². The Balaban J connectivity index is 2.31. The SMILES string of the molecule is C=CCCNCC(O)COc1ccccc1C=O. The zero-order valence-corrected chi connectivity index (χ0v) is 10.3. The maximum atomic E-state index is 10.8. The fourth-order valence-electron chi connectivity index (χ4n) is 1.43. The number of hydrogen-bond donors (Lipinski definition) is 2. The first-order valence-electron chi connectivity index (χ1n) is 5.94. The van der Waals surface area contributed by atoms with E-state index >= 15 is 0 Å². The molecule has 1 atom stereocenters. The lowest BCUT2D eigenvalue weighted by Crippen LogP contribution is -2.31. The molecule has 0 aliphatic rings. The summed E-state index contributed by atoms with van der Waals surface area (Å²) in [6.45, 7) is 5.01. The standard InChI is InChI=1S/C14H19NO3/c1-2-3-8-15-9-13(17)11-18-14-7-5-4-6-12(14)10-16/h2,4-7,10,13,15,17H,1,3,8-9,11H2. The molecule has 4 nitrogen and oxygen atoms in total. The van der Waals surface area contributed by atoms with Gasteiger partial charge in [0.25, 0.3) is 0 Å². The van der Waals surface area contributed by atoms with Crippen LogP contribution >= 0.6 is 0 Å². The highest BCUT2D eigenvalue weighted by Gasteiger charge is 2.06. The summed E-state index contributed by atoms with van der Waals surface area (Å²) in [5.41, 5.74) is 0.490. The van der Waals surface area contributed by atoms with Crippen molar-refractivity contribution in [3.8, 4) is 5.75 Å². The van der Waals surface area contributed by atoms with Gasteiger partial charge in [0, 0.05) is 6.54 Å². The van der Waals surface area contributed by atoms with Gasteiger partial charge >= 0.3 is 0 Å². The molecule has 0 saturated carbocycles. The molecule has 1 unspecified atom stereocenters. The average molecular weight is 249 g/mol. The Hall–Kier alpha value is -1.65. The second-order valence-electron chi connectivity index (χ2n) is 3.90. The molecular formula is C14H19NO3. The monoisotopic (exact) mass is 249 g/mol. The number of carbonyl (C=O) groups is 1. The first-order chi connectivity index (χ1) is 8.77. The van der Waals surface area contributed by atoms with Crippen molar-refractivity contribution in [1.29, 1.82) is 0 Å². The number of benzene rings is 1. The molecule has 2 N–H and O–H groups in total. The van der Waals surface area contributed by atoms with E-state index in [1.807, 2.05) is 6.08 Å². The maximum absolute atomic E-state index is 10.8. The van der Waals surface area contributed by atoms with E-state index in [2.05, 4.69) is 11.9 Å². The van der Waals surface area contributed by atoms with Crippen LogP contribution in [0.1, 0.15) is 16.8 Å². The van der Waals surface area contributed by atoms with Crippen molar-refractivity contribution in [2.24, 2.45) is 0 Å². The fourth-order valence-corrected chi connectivity index (χ4v) is 1.43. The van der Waals surface area contributed by atoms with Crippen molar-refractivity contribution in [2.45, 2.75) is 12.5 Å². The Kier molecular flexibility index (Phi) is 6.76. The second-order valence-corrected chi connectivity index (χ2v) is 3.90. The quantitative estimate of drug-likeness (QED) is 0.394. The van der Waals surface area contributed by atoms with Crippen LogP contribution in [-0.4, -0.2) is 37.2 Å². The predicted octanol–water partition coefficient (Wildman–Crippen LogP) is 1.40. The van der Waals surface area contributed by atoms with E-state index in [4.69, 9.17) is 4.74 Å². The van der Waals surface area contributed by atoms with Crippen molar-refractivity contribution < 1.29 is 14.6 Å². The number of hydrogen-bond acceptors (Lipinski definition) is 4. The van der Waals surface area contributed by atoms with Crippen LogP contribution in [0.4, 0.5) is 0 Å². The second kappa shape index (κ2) is 8.44. The third-order valence-corrected chi connectivity index (χ3v) is 2.38. The smallest absolute Gasteiger partial charge is 0.153 e. The molecule has 4 heteroatoms. The number of para-hydroxylation sites is 1. The maximum Gasteiger partial charge on any atom is 0.153 e. The number of rotatable bonds is 9. The molecule has 0 aromatic heterocycles. The van der Waals surface area contributed by atoms with Crippen LogP contribution in [0.5, 0.6) is 5.75 Å². The van der Waals surface area contributed by atoms with Gasteiger partial charge in [0.2, 0.25) is 0 Å². The van der Waals surface area contributed by atoms with E-state index < -0.39 is 6.10 Å². The molecule has 0 aliphatic carbocycles. The summed E-state index contributed by atoms with van der Waals surface area (Å²) in [6.07, 6.45) is 2.82. The van der Waals surface area contributed by atoms with Crippen LogP contribution in [0.2, 0.25) is 0 Å². The van der Waals surface area contributed by atoms with Crippen molar-refractivity contribution in [1.82, 2.24) is 5.32 Å². The van der Waals surface area contributed by atoms with Crippen molar-refractivity contribution in [3.05, 3.63) is 42.5 Å². The Bertz CT molecular complexity index is 379. The minimum absolute atomic E-state index is 0.159. The third-order valence-electron chi connectivity index (χ3n) is 2.38. The number of carbonyl (C=O) groups excluding carboxylic acids is 1. The Labute approximate surface area is 107 Å². The topological polar surface area (TPSA) is 58.6 Å². The molecule has 0 heterocycles. The zero-order chi connectivity index (χ0) is 13.2. The summed E-state index contributed by atoms with van der Waals surface area (Å²) in [4.78, 5) is 10.8. The molecule has 0 radical (unpaired) electrons. The molecule has 1 rings (SSSR count). The Morgan fingerprint density at radius 1 is 1.44 bits per heavy atom. The van der Waals surface area contributed by atoms with Crippen LogP contribution in [0.25, 0.3) is 0 Å². The van der Waals surface area contributed by atoms with Crippen LogP contribution in [0.3, 0.4) is 0 Å². The van der Waals surface area contributed by atoms with Gasteiger partial charge in [0.1, 0.15) is 18.5 Å². The van der Waals surface area contributed by atoms with Gasteiger partial charge in [-0.25, -0.2) is 0 Å². The van der Waals surface area contributed by atoms with Crippen molar-refractivity contribution in [3.63, 3.8) is 0 Å². The summed E-state index contributed by atoms with van der Waals surface area (Å²) in [7, 11) is 0. The van der Waals surface area contributed by atoms with Gasteiger partial charge in [-0.15, -0.1) is 6.58 Å². The lowest BCUT2D eigenvalue weighted by Gasteiger charge is -2.13. The van der Waals surface area contributed by atoms with Gasteiger partial charge in [0.05, 0.1) is 5.56 Å². The molecule has 0 spiro atoms. The Morgan fingerprint density at radius 2 is 2.22 bits per heavy atom. The van der Waals surface area contributed by atoms with Crippen LogP contribution < -0.4 is 10.1 Å². The van der Waals surface area contributed by atoms with E-state index in [1.165, 1.54) is 0 Å². The molecular weight excluding hydrogens is 230 g/mol. The molecule has 0 aliphatic heterocycles. The van der Waals surface area contributed by atoms with Gasteiger partial charge in [-0.1, -0.05) is 18.2 Å². The largest absolute Gasteiger partial charge is 0.490 e. The van der Waals surface area contributed by atoms with Crippen LogP contribution in [-0.2, 0) is 0 Å². The molecule has 0 fully saturated rings. The molecule has 0 bridgehead atoms. The Morgan fingerprint density at radius 3 is 2.94 bits per heavy atom. The average Bonchev–Trinajstić information content (AvgIpc) is 2.41. The lowest BCUT2D eigenvalue weighted by molar-refractivity contribution is 0.103. The highest BCUT2D eigenvalue weighted by Crippen LogP contribution is 2.15. The number of nitrogens with one attached hydrogen (secondary N) is 1. The van der Waals surface area contributed by atoms with E-state index in [1.54, 1.807) is 24.3 Å². The van der Waals surface area contributed by atoms with Gasteiger partial charge in [-0.3, -0.25) is 4.79 Å². The summed E-state index contributed by atoms with van der Waals surface area (Å²) in [5, 5.41) is 12.8. The minimum Gasteiger partial charge on any atom is -0.490 e. The summed E-state index contributed by atoms with van der Waals surface area (Å²) in [5.74, 6) is 0.498. The highest BCUT2D eigenvalue weighted by molar-refractivity contribution is 5.79. The number of aldehydes is 1. The molecule has 1 aromatic rings. The molecule has 1 aromatic carbocycles. The number of ether oxygens (including phenoxy) is 1. The lowest BCUT2D eigenvalue weighted by atomic mass is 10.2. The molecule has 0 amide bonds. The minimum atomic E-state index is -0.602. The van der Waals surface area contributed by atoms with Gasteiger partial charge in [0.15, 0.2) is 6.29 Å². The summed E-state index contributed by atoms with van der Waals surface area (Å²) in [6, 6.07) is 6.94. The normalized spacial score (nSPS) is 11.8. The predicted molar refractivity (Wildman–Crippen MR) is 71.0 cm³/mol. The number of aliphatic hydroxyl groups excluding tert-OH is 1. The van der Waals surface area contributed by atoms with Crippen molar-refractivity contribution in [2.75, 3.05) is 19.7 Å². The molecule has 18 heavy (non-hydrogen) atoms. The van der Waals surface area contributed by atoms with Gasteiger partial charge in [-0.2, -0.15) is 0 Å². The van der Waals surface area contributed by atoms with Crippen molar-refractivity contribution >= 4 is 6.29 Å². The van der Waals surface area contributed by atoms with Gasteiger partial charge < -0.3 is 15.2 Å². The zero-order valence-electron chi connectivity index (χ0n) is 10.3. The molecule has 98 valence electrons. The fraction of sp³-hybridized carbons (Fsp3) is 0.357. The van der Waals surface area contributed by atoms with E-state index in [9.17, 15) is 9.90 Å². The number of aliphatic hydroxyl groups is 1. The first-order valence-corrected chi connectivity index (χ1v) is 5.94. The van der Waals surface area contributed by atoms with E-state index in [-0.39, 0.29) is 6.61 Å². The van der Waals surface area contributed by atoms with Crippen LogP contribution in [0, 0.1) is 0 Å². The third kappa shape index (κ3) is 5.12. The van der Waals surface area contributed by atoms with E-state index in [0.717, 1.165) is 19.3 Å². The van der Waals surface area contributed by atoms with Crippen LogP contribution in [0.15, 0.2) is 36.9 Å². The first kappa shape index (κ1) is 14.4.